The number of rotatable bonds is 4. The van der Waals surface area contributed by atoms with E-state index in [0.717, 1.165) is 12.8 Å². The zero-order chi connectivity index (χ0) is 10.9. The first-order chi connectivity index (χ1) is 6.41. The van der Waals surface area contributed by atoms with E-state index in [1.54, 1.807) is 13.8 Å². The SMILES string of the molecule is COC(=O)C(C1CC1)S(=O)(=O)C(C)C. The molecule has 1 fully saturated rings. The number of hydrogen-bond acceptors (Lipinski definition) is 4. The molecule has 1 aliphatic rings. The van der Waals surface area contributed by atoms with Crippen LogP contribution in [0, 0.1) is 5.92 Å². The summed E-state index contributed by atoms with van der Waals surface area (Å²) in [5, 5.41) is -1.46. The quantitative estimate of drug-likeness (QED) is 0.656. The Kier molecular flexibility index (Phi) is 3.19. The summed E-state index contributed by atoms with van der Waals surface area (Å²) in [6, 6.07) is 0. The van der Waals surface area contributed by atoms with Crippen molar-refractivity contribution in [2.75, 3.05) is 7.11 Å². The summed E-state index contributed by atoms with van der Waals surface area (Å²) in [5.74, 6) is -0.629. The molecule has 0 aliphatic heterocycles. The van der Waals surface area contributed by atoms with Crippen LogP contribution >= 0.6 is 0 Å². The van der Waals surface area contributed by atoms with Crippen LogP contribution in [0.2, 0.25) is 0 Å². The van der Waals surface area contributed by atoms with Crippen LogP contribution < -0.4 is 0 Å². The Hall–Kier alpha value is -0.580. The molecule has 1 aliphatic carbocycles. The lowest BCUT2D eigenvalue weighted by Crippen LogP contribution is -2.37. The first-order valence-corrected chi connectivity index (χ1v) is 6.32. The van der Waals surface area contributed by atoms with Gasteiger partial charge in [-0.25, -0.2) is 8.42 Å². The second kappa shape index (κ2) is 3.88. The van der Waals surface area contributed by atoms with Gasteiger partial charge in [0.25, 0.3) is 0 Å². The summed E-state index contributed by atoms with van der Waals surface area (Å²) < 4.78 is 28.2. The van der Waals surface area contributed by atoms with Crippen molar-refractivity contribution in [3.63, 3.8) is 0 Å². The standard InChI is InChI=1S/C9H16O4S/c1-6(2)14(11,12)8(7-4-5-7)9(10)13-3/h6-8H,4-5H2,1-3H3. The highest BCUT2D eigenvalue weighted by molar-refractivity contribution is 7.93. The Morgan fingerprint density at radius 1 is 1.36 bits per heavy atom. The molecule has 0 N–H and O–H groups in total. The Morgan fingerprint density at radius 2 is 1.86 bits per heavy atom. The Morgan fingerprint density at radius 3 is 2.14 bits per heavy atom. The van der Waals surface area contributed by atoms with Gasteiger partial charge in [-0.3, -0.25) is 4.79 Å². The smallest absolute Gasteiger partial charge is 0.324 e. The van der Waals surface area contributed by atoms with Crippen molar-refractivity contribution >= 4 is 15.8 Å². The predicted molar refractivity (Wildman–Crippen MR) is 52.6 cm³/mol. The number of hydrogen-bond donors (Lipinski definition) is 0. The summed E-state index contributed by atoms with van der Waals surface area (Å²) >= 11 is 0. The van der Waals surface area contributed by atoms with Crippen molar-refractivity contribution in [3.8, 4) is 0 Å². The second-order valence-corrected chi connectivity index (χ2v) is 6.55. The molecule has 0 saturated heterocycles. The van der Waals surface area contributed by atoms with E-state index in [-0.39, 0.29) is 5.92 Å². The Bertz CT molecular complexity index is 314. The third-order valence-electron chi connectivity index (χ3n) is 2.49. The number of esters is 1. The van der Waals surface area contributed by atoms with Gasteiger partial charge in [0.15, 0.2) is 15.1 Å². The number of ether oxygens (including phenoxy) is 1. The summed E-state index contributed by atoms with van der Waals surface area (Å²) in [5.41, 5.74) is 0. The van der Waals surface area contributed by atoms with Crippen LogP contribution in [0.1, 0.15) is 26.7 Å². The first kappa shape index (κ1) is 11.5. The maximum Gasteiger partial charge on any atom is 0.324 e. The third-order valence-corrected chi connectivity index (χ3v) is 5.09. The van der Waals surface area contributed by atoms with Gasteiger partial charge in [-0.2, -0.15) is 0 Å². The fourth-order valence-electron chi connectivity index (χ4n) is 1.40. The summed E-state index contributed by atoms with van der Waals surface area (Å²) in [4.78, 5) is 11.3. The third kappa shape index (κ3) is 2.08. The number of carbonyl (C=O) groups is 1. The highest BCUT2D eigenvalue weighted by Crippen LogP contribution is 2.38. The minimum Gasteiger partial charge on any atom is -0.468 e. The highest BCUT2D eigenvalue weighted by atomic mass is 32.2. The highest BCUT2D eigenvalue weighted by Gasteiger charge is 2.46. The van der Waals surface area contributed by atoms with Gasteiger partial charge in [-0.15, -0.1) is 0 Å². The normalized spacial score (nSPS) is 19.4. The van der Waals surface area contributed by atoms with Gasteiger partial charge in [0.2, 0.25) is 0 Å². The van der Waals surface area contributed by atoms with E-state index in [2.05, 4.69) is 4.74 Å². The number of sulfone groups is 1. The minimum absolute atomic E-state index is 0.0187. The lowest BCUT2D eigenvalue weighted by molar-refractivity contribution is -0.140. The Balaban J connectivity index is 2.93. The summed E-state index contributed by atoms with van der Waals surface area (Å²) in [7, 11) is -2.13. The molecule has 0 bridgehead atoms. The fraction of sp³-hybridized carbons (Fsp3) is 0.889. The first-order valence-electron chi connectivity index (χ1n) is 4.71. The molecular weight excluding hydrogens is 204 g/mol. The average Bonchev–Trinajstić information content (AvgIpc) is 2.87. The molecule has 1 saturated carbocycles. The lowest BCUT2D eigenvalue weighted by atomic mass is 10.3. The van der Waals surface area contributed by atoms with Crippen LogP contribution in [0.5, 0.6) is 0 Å². The van der Waals surface area contributed by atoms with E-state index in [9.17, 15) is 13.2 Å². The molecule has 4 nitrogen and oxygen atoms in total. The van der Waals surface area contributed by atoms with Crippen LogP contribution in [0.4, 0.5) is 0 Å². The molecule has 82 valence electrons. The Labute approximate surface area is 84.6 Å². The van der Waals surface area contributed by atoms with Crippen molar-refractivity contribution in [1.29, 1.82) is 0 Å². The van der Waals surface area contributed by atoms with Gasteiger partial charge in [0.1, 0.15) is 0 Å². The lowest BCUT2D eigenvalue weighted by Gasteiger charge is -2.16. The average molecular weight is 220 g/mol. The molecule has 0 radical (unpaired) electrons. The van der Waals surface area contributed by atoms with Gasteiger partial charge >= 0.3 is 5.97 Å². The molecule has 0 spiro atoms. The van der Waals surface area contributed by atoms with E-state index in [4.69, 9.17) is 0 Å². The summed E-state index contributed by atoms with van der Waals surface area (Å²) in [6.45, 7) is 3.18. The molecule has 0 aromatic heterocycles. The molecule has 0 aromatic rings. The topological polar surface area (TPSA) is 60.4 Å². The summed E-state index contributed by atoms with van der Waals surface area (Å²) in [6.07, 6.45) is 1.62. The van der Waals surface area contributed by atoms with Gasteiger partial charge in [0, 0.05) is 0 Å². The molecule has 14 heavy (non-hydrogen) atoms. The second-order valence-electron chi connectivity index (χ2n) is 3.92. The molecule has 0 amide bonds. The van der Waals surface area contributed by atoms with E-state index in [1.807, 2.05) is 0 Å². The van der Waals surface area contributed by atoms with E-state index in [1.165, 1.54) is 7.11 Å². The van der Waals surface area contributed by atoms with Crippen LogP contribution in [-0.4, -0.2) is 32.0 Å². The maximum atomic E-state index is 11.8. The van der Waals surface area contributed by atoms with Gasteiger partial charge < -0.3 is 4.74 Å². The molecule has 1 atom stereocenters. The molecule has 1 unspecified atom stereocenters. The minimum atomic E-state index is -3.36. The molecule has 1 rings (SSSR count). The van der Waals surface area contributed by atoms with Crippen LogP contribution in [0.25, 0.3) is 0 Å². The zero-order valence-corrected chi connectivity index (χ0v) is 9.50. The monoisotopic (exact) mass is 220 g/mol. The van der Waals surface area contributed by atoms with E-state index in [0.29, 0.717) is 0 Å². The maximum absolute atomic E-state index is 11.8. The van der Waals surface area contributed by atoms with Crippen molar-refractivity contribution in [3.05, 3.63) is 0 Å². The van der Waals surface area contributed by atoms with Crippen molar-refractivity contribution in [1.82, 2.24) is 0 Å². The van der Waals surface area contributed by atoms with Gasteiger partial charge in [-0.05, 0) is 32.6 Å². The molecule has 0 heterocycles. The number of carbonyl (C=O) groups excluding carboxylic acids is 1. The zero-order valence-electron chi connectivity index (χ0n) is 8.69. The van der Waals surface area contributed by atoms with Crippen molar-refractivity contribution in [2.45, 2.75) is 37.2 Å². The van der Waals surface area contributed by atoms with Crippen LogP contribution in [0.15, 0.2) is 0 Å². The van der Waals surface area contributed by atoms with Gasteiger partial charge in [-0.1, -0.05) is 0 Å². The number of methoxy groups -OCH3 is 1. The predicted octanol–water partition coefficient (Wildman–Crippen LogP) is 0.761. The van der Waals surface area contributed by atoms with Crippen LogP contribution in [0.3, 0.4) is 0 Å². The fourth-order valence-corrected chi connectivity index (χ4v) is 3.16. The molecular formula is C9H16O4S. The largest absolute Gasteiger partial charge is 0.468 e. The van der Waals surface area contributed by atoms with E-state index >= 15 is 0 Å². The molecule has 5 heteroatoms. The van der Waals surface area contributed by atoms with Crippen LogP contribution in [-0.2, 0) is 19.4 Å². The van der Waals surface area contributed by atoms with E-state index < -0.39 is 26.3 Å². The van der Waals surface area contributed by atoms with Crippen molar-refractivity contribution in [2.24, 2.45) is 5.92 Å². The molecule has 0 aromatic carbocycles. The van der Waals surface area contributed by atoms with Crippen molar-refractivity contribution < 1.29 is 17.9 Å². The van der Waals surface area contributed by atoms with Gasteiger partial charge in [0.05, 0.1) is 12.4 Å².